The van der Waals surface area contributed by atoms with E-state index in [4.69, 9.17) is 0 Å². The molecule has 1 aromatic rings. The van der Waals surface area contributed by atoms with Gasteiger partial charge in [0, 0.05) is 19.2 Å². The molecule has 0 saturated carbocycles. The Hall–Kier alpha value is -2.02. The average molecular weight is 237 g/mol. The van der Waals surface area contributed by atoms with E-state index < -0.39 is 0 Å². The molecule has 90 valence electrons. The number of aryl methyl sites for hydroxylation is 1. The molecule has 1 aliphatic heterocycles. The molecule has 2 heterocycles. The van der Waals surface area contributed by atoms with E-state index >= 15 is 0 Å². The number of nitriles is 1. The molecule has 1 aromatic heterocycles. The summed E-state index contributed by atoms with van der Waals surface area (Å²) in [5.41, 5.74) is 3.48. The first-order chi connectivity index (χ1) is 8.69. The monoisotopic (exact) mass is 237 g/mol. The van der Waals surface area contributed by atoms with Gasteiger partial charge in [-0.1, -0.05) is 30.9 Å². The molecular weight excluding hydrogens is 221 g/mol. The number of rotatable bonds is 3. The maximum Gasteiger partial charge on any atom is 0.280 e. The summed E-state index contributed by atoms with van der Waals surface area (Å²) >= 11 is 0. The van der Waals surface area contributed by atoms with Crippen molar-refractivity contribution in [2.24, 2.45) is 7.05 Å². The second kappa shape index (κ2) is 5.09. The fourth-order valence-electron chi connectivity index (χ4n) is 2.57. The van der Waals surface area contributed by atoms with Gasteiger partial charge in [-0.05, 0) is 29.7 Å². The molecule has 4 heteroatoms. The lowest BCUT2D eigenvalue weighted by Gasteiger charge is -2.26. The highest BCUT2D eigenvalue weighted by molar-refractivity contribution is 6.69. The highest BCUT2D eigenvalue weighted by Gasteiger charge is 2.33. The fraction of sp³-hybridized carbons (Fsp3) is 0.286. The molecule has 1 atom stereocenters. The Morgan fingerprint density at radius 2 is 2.22 bits per heavy atom. The molecule has 0 radical (unpaired) electrons. The summed E-state index contributed by atoms with van der Waals surface area (Å²) < 4.78 is 1.78. The first-order valence-corrected chi connectivity index (χ1v) is 6.04. The molecule has 0 aliphatic carbocycles. The van der Waals surface area contributed by atoms with E-state index in [1.807, 2.05) is 31.6 Å². The van der Waals surface area contributed by atoms with Gasteiger partial charge in [-0.25, -0.2) is 5.26 Å². The second-order valence-corrected chi connectivity index (χ2v) is 4.66. The SMILES string of the molecule is C=CC1=C(C=C)CC(c2cnn(C)c2)B(C#N)C1. The summed E-state index contributed by atoms with van der Waals surface area (Å²) in [5, 5.41) is 13.5. The quantitative estimate of drug-likeness (QED) is 0.758. The zero-order valence-corrected chi connectivity index (χ0v) is 10.6. The van der Waals surface area contributed by atoms with Crippen molar-refractivity contribution in [2.45, 2.75) is 18.6 Å². The molecule has 1 aliphatic rings. The Balaban J connectivity index is 2.37. The van der Waals surface area contributed by atoms with Crippen LogP contribution in [-0.4, -0.2) is 16.5 Å². The van der Waals surface area contributed by atoms with Gasteiger partial charge in [0.05, 0.1) is 6.20 Å². The minimum absolute atomic E-state index is 0.00843. The van der Waals surface area contributed by atoms with Crippen molar-refractivity contribution in [3.8, 4) is 5.97 Å². The molecule has 0 saturated heterocycles. The number of allylic oxidation sites excluding steroid dienone is 4. The Labute approximate surface area is 108 Å². The number of hydrogen-bond acceptors (Lipinski definition) is 2. The standard InChI is InChI=1S/C14H16BN3/c1-4-11-6-14(13-8-17-18(3)9-13)15(10-16)7-12(11)5-2/h4-5,8-9,14H,1-2,6-7H2,3H3. The largest absolute Gasteiger partial charge is 0.280 e. The molecule has 18 heavy (non-hydrogen) atoms. The molecular formula is C14H16BN3. The van der Waals surface area contributed by atoms with Gasteiger partial charge >= 0.3 is 0 Å². The maximum atomic E-state index is 9.34. The van der Waals surface area contributed by atoms with Gasteiger partial charge in [-0.15, -0.1) is 0 Å². The lowest BCUT2D eigenvalue weighted by Crippen LogP contribution is -2.27. The Morgan fingerprint density at radius 1 is 1.50 bits per heavy atom. The Morgan fingerprint density at radius 3 is 2.72 bits per heavy atom. The van der Waals surface area contributed by atoms with Gasteiger partial charge in [0.1, 0.15) is 0 Å². The van der Waals surface area contributed by atoms with E-state index in [0.717, 1.165) is 23.9 Å². The van der Waals surface area contributed by atoms with Crippen molar-refractivity contribution in [1.82, 2.24) is 9.78 Å². The first-order valence-electron chi connectivity index (χ1n) is 6.04. The predicted molar refractivity (Wildman–Crippen MR) is 74.2 cm³/mol. The van der Waals surface area contributed by atoms with Crippen LogP contribution in [0.25, 0.3) is 0 Å². The molecule has 0 bridgehead atoms. The van der Waals surface area contributed by atoms with Crippen LogP contribution in [0.1, 0.15) is 17.8 Å². The second-order valence-electron chi connectivity index (χ2n) is 4.66. The summed E-state index contributed by atoms with van der Waals surface area (Å²) in [5.74, 6) is 2.63. The van der Waals surface area contributed by atoms with E-state index in [1.165, 1.54) is 5.57 Å². The molecule has 3 nitrogen and oxygen atoms in total. The van der Waals surface area contributed by atoms with Crippen molar-refractivity contribution in [3.05, 3.63) is 54.4 Å². The van der Waals surface area contributed by atoms with Crippen molar-refractivity contribution < 1.29 is 0 Å². The minimum Gasteiger partial charge on any atom is -0.276 e. The molecule has 0 amide bonds. The number of aromatic nitrogens is 2. The summed E-state index contributed by atoms with van der Waals surface area (Å²) in [6.45, 7) is 7.67. The molecule has 0 N–H and O–H groups in total. The highest BCUT2D eigenvalue weighted by atomic mass is 15.2. The van der Waals surface area contributed by atoms with Crippen LogP contribution in [-0.2, 0) is 7.05 Å². The lowest BCUT2D eigenvalue weighted by molar-refractivity contribution is 0.765. The van der Waals surface area contributed by atoms with Gasteiger partial charge in [0.15, 0.2) is 0 Å². The van der Waals surface area contributed by atoms with Crippen LogP contribution in [0, 0.1) is 11.2 Å². The van der Waals surface area contributed by atoms with Crippen molar-refractivity contribution in [1.29, 1.82) is 5.26 Å². The number of nitrogens with zero attached hydrogens (tertiary/aromatic N) is 3. The summed E-state index contributed by atoms with van der Waals surface area (Å²) in [6.07, 6.45) is 9.17. The fourth-order valence-corrected chi connectivity index (χ4v) is 2.57. The van der Waals surface area contributed by atoms with Crippen molar-refractivity contribution >= 4 is 6.71 Å². The molecule has 0 aromatic carbocycles. The maximum absolute atomic E-state index is 9.34. The number of hydrogen-bond donors (Lipinski definition) is 0. The first kappa shape index (κ1) is 12.4. The lowest BCUT2D eigenvalue weighted by atomic mass is 9.35. The van der Waals surface area contributed by atoms with Gasteiger partial charge in [-0.3, -0.25) is 4.68 Å². The summed E-state index contributed by atoms with van der Waals surface area (Å²) in [7, 11) is 1.90. The zero-order chi connectivity index (χ0) is 13.1. The van der Waals surface area contributed by atoms with E-state index in [1.54, 1.807) is 4.68 Å². The van der Waals surface area contributed by atoms with Gasteiger partial charge in [0.2, 0.25) is 0 Å². The third-order valence-corrected chi connectivity index (χ3v) is 3.59. The van der Waals surface area contributed by atoms with Crippen LogP contribution < -0.4 is 0 Å². The topological polar surface area (TPSA) is 41.6 Å². The molecule has 0 fully saturated rings. The normalized spacial score (nSPS) is 19.6. The van der Waals surface area contributed by atoms with Crippen LogP contribution in [0.15, 0.2) is 48.8 Å². The molecule has 0 spiro atoms. The van der Waals surface area contributed by atoms with E-state index in [-0.39, 0.29) is 12.5 Å². The highest BCUT2D eigenvalue weighted by Crippen LogP contribution is 2.36. The Bertz CT molecular complexity index is 548. The van der Waals surface area contributed by atoms with Crippen molar-refractivity contribution in [2.75, 3.05) is 0 Å². The van der Waals surface area contributed by atoms with E-state index in [2.05, 4.69) is 24.2 Å². The Kier molecular flexibility index (Phi) is 3.52. The zero-order valence-electron chi connectivity index (χ0n) is 10.6. The van der Waals surface area contributed by atoms with Crippen LogP contribution in [0.3, 0.4) is 0 Å². The third kappa shape index (κ3) is 2.17. The van der Waals surface area contributed by atoms with E-state index in [0.29, 0.717) is 0 Å². The third-order valence-electron chi connectivity index (χ3n) is 3.59. The summed E-state index contributed by atoms with van der Waals surface area (Å²) in [6, 6.07) is 0. The van der Waals surface area contributed by atoms with Crippen LogP contribution in [0.4, 0.5) is 0 Å². The average Bonchev–Trinajstić information content (AvgIpc) is 2.83. The molecule has 1 unspecified atom stereocenters. The van der Waals surface area contributed by atoms with Gasteiger partial charge < -0.3 is 0 Å². The van der Waals surface area contributed by atoms with E-state index in [9.17, 15) is 5.26 Å². The van der Waals surface area contributed by atoms with Gasteiger partial charge in [-0.2, -0.15) is 5.10 Å². The minimum atomic E-state index is -0.00843. The van der Waals surface area contributed by atoms with Crippen LogP contribution in [0.5, 0.6) is 0 Å². The smallest absolute Gasteiger partial charge is 0.276 e. The van der Waals surface area contributed by atoms with Crippen LogP contribution in [0.2, 0.25) is 6.32 Å². The van der Waals surface area contributed by atoms with Gasteiger partial charge in [0.25, 0.3) is 6.71 Å². The predicted octanol–water partition coefficient (Wildman–Crippen LogP) is 2.67. The molecule has 2 rings (SSSR count). The van der Waals surface area contributed by atoms with Crippen LogP contribution >= 0.6 is 0 Å². The summed E-state index contributed by atoms with van der Waals surface area (Å²) in [4.78, 5) is 0. The van der Waals surface area contributed by atoms with Crippen molar-refractivity contribution in [3.63, 3.8) is 0 Å².